The van der Waals surface area contributed by atoms with E-state index in [0.717, 1.165) is 5.56 Å². The Labute approximate surface area is 88.2 Å². The van der Waals surface area contributed by atoms with Crippen molar-refractivity contribution < 1.29 is 13.9 Å². The van der Waals surface area contributed by atoms with Crippen LogP contribution in [0.2, 0.25) is 0 Å². The Morgan fingerprint density at radius 1 is 1.47 bits per heavy atom. The molecule has 0 aliphatic heterocycles. The summed E-state index contributed by atoms with van der Waals surface area (Å²) in [5.74, 6) is -0.161. The van der Waals surface area contributed by atoms with E-state index in [1.165, 1.54) is 6.92 Å². The molecule has 0 saturated carbocycles. The third kappa shape index (κ3) is 4.08. The van der Waals surface area contributed by atoms with Gasteiger partial charge in [0.1, 0.15) is 0 Å². The van der Waals surface area contributed by atoms with E-state index in [0.29, 0.717) is 0 Å². The Hall–Kier alpha value is -1.42. The summed E-state index contributed by atoms with van der Waals surface area (Å²) < 4.78 is 16.5. The number of rotatable bonds is 5. The van der Waals surface area contributed by atoms with E-state index in [9.17, 15) is 9.18 Å². The highest BCUT2D eigenvalue weighted by Gasteiger charge is 2.11. The van der Waals surface area contributed by atoms with Crippen LogP contribution in [-0.2, 0) is 9.53 Å². The van der Waals surface area contributed by atoms with Gasteiger partial charge >= 0.3 is 0 Å². The Morgan fingerprint density at radius 3 is 2.67 bits per heavy atom. The average molecular weight is 211 g/mol. The number of carbonyl (C=O) groups excluding carboxylic acids is 1. The minimum atomic E-state index is -0.844. The van der Waals surface area contributed by atoms with E-state index in [-0.39, 0.29) is 18.6 Å². The van der Waals surface area contributed by atoms with Crippen molar-refractivity contribution in [3.63, 3.8) is 0 Å². The van der Waals surface area contributed by atoms with Crippen LogP contribution in [0.5, 0.6) is 0 Å². The van der Waals surface area contributed by atoms with Gasteiger partial charge in [-0.05, 0) is 5.56 Å². The van der Waals surface area contributed by atoms with E-state index < -0.39 is 6.86 Å². The fraction of sp³-hybridized carbons (Fsp3) is 0.364. The van der Waals surface area contributed by atoms with Crippen molar-refractivity contribution in [2.75, 3.05) is 13.5 Å². The Bertz CT molecular complexity index is 303. The third-order valence-electron chi connectivity index (χ3n) is 1.94. The molecule has 0 spiro atoms. The smallest absolute Gasteiger partial charge is 0.217 e. The molecule has 1 aromatic carbocycles. The Kier molecular flexibility index (Phi) is 4.77. The van der Waals surface area contributed by atoms with Crippen molar-refractivity contribution in [1.82, 2.24) is 5.32 Å². The lowest BCUT2D eigenvalue weighted by Gasteiger charge is -2.17. The van der Waals surface area contributed by atoms with E-state index in [2.05, 4.69) is 10.1 Å². The van der Waals surface area contributed by atoms with Gasteiger partial charge in [0.15, 0.2) is 6.86 Å². The first kappa shape index (κ1) is 11.7. The molecule has 3 nitrogen and oxygen atoms in total. The van der Waals surface area contributed by atoms with Crippen molar-refractivity contribution in [3.05, 3.63) is 35.9 Å². The van der Waals surface area contributed by atoms with Crippen molar-refractivity contribution in [2.24, 2.45) is 0 Å². The third-order valence-corrected chi connectivity index (χ3v) is 1.94. The van der Waals surface area contributed by atoms with Crippen molar-refractivity contribution >= 4 is 5.91 Å². The topological polar surface area (TPSA) is 38.3 Å². The van der Waals surface area contributed by atoms with Crippen LogP contribution >= 0.6 is 0 Å². The molecule has 0 aliphatic carbocycles. The number of benzene rings is 1. The number of hydrogen-bond donors (Lipinski definition) is 1. The molecule has 0 bridgehead atoms. The SMILES string of the molecule is CC(=O)NC(COCF)c1ccccc1. The second-order valence-electron chi connectivity index (χ2n) is 3.14. The van der Waals surface area contributed by atoms with E-state index in [1.807, 2.05) is 30.3 Å². The molecule has 0 heterocycles. The number of carbonyl (C=O) groups is 1. The van der Waals surface area contributed by atoms with Gasteiger partial charge in [-0.1, -0.05) is 30.3 Å². The lowest BCUT2D eigenvalue weighted by molar-refractivity contribution is -0.120. The molecule has 0 aromatic heterocycles. The molecule has 1 amide bonds. The molecule has 4 heteroatoms. The molecule has 0 saturated heterocycles. The maximum atomic E-state index is 11.9. The Morgan fingerprint density at radius 2 is 2.13 bits per heavy atom. The van der Waals surface area contributed by atoms with Crippen LogP contribution in [0.15, 0.2) is 30.3 Å². The molecule has 82 valence electrons. The maximum Gasteiger partial charge on any atom is 0.217 e. The van der Waals surface area contributed by atoms with Gasteiger partial charge in [-0.25, -0.2) is 4.39 Å². The highest BCUT2D eigenvalue weighted by Crippen LogP contribution is 2.12. The van der Waals surface area contributed by atoms with Crippen LogP contribution in [0.1, 0.15) is 18.5 Å². The first-order valence-electron chi connectivity index (χ1n) is 4.70. The molecule has 0 radical (unpaired) electrons. The molecule has 1 N–H and O–H groups in total. The van der Waals surface area contributed by atoms with E-state index >= 15 is 0 Å². The van der Waals surface area contributed by atoms with E-state index in [4.69, 9.17) is 0 Å². The van der Waals surface area contributed by atoms with Gasteiger partial charge in [0.25, 0.3) is 0 Å². The van der Waals surface area contributed by atoms with Gasteiger partial charge < -0.3 is 10.1 Å². The summed E-state index contributed by atoms with van der Waals surface area (Å²) in [5.41, 5.74) is 0.904. The van der Waals surface area contributed by atoms with Gasteiger partial charge in [-0.3, -0.25) is 4.79 Å². The molecule has 1 unspecified atom stereocenters. The fourth-order valence-corrected chi connectivity index (χ4v) is 1.31. The largest absolute Gasteiger partial charge is 0.348 e. The van der Waals surface area contributed by atoms with Crippen LogP contribution in [0.25, 0.3) is 0 Å². The highest BCUT2D eigenvalue weighted by atomic mass is 19.1. The lowest BCUT2D eigenvalue weighted by atomic mass is 10.1. The number of hydrogen-bond acceptors (Lipinski definition) is 2. The summed E-state index contributed by atoms with van der Waals surface area (Å²) in [6, 6.07) is 9.04. The lowest BCUT2D eigenvalue weighted by Crippen LogP contribution is -2.29. The van der Waals surface area contributed by atoms with Gasteiger partial charge in [-0.2, -0.15) is 0 Å². The summed E-state index contributed by atoms with van der Waals surface area (Å²) in [6.07, 6.45) is 0. The number of alkyl halides is 1. The zero-order valence-electron chi connectivity index (χ0n) is 8.57. The second-order valence-corrected chi connectivity index (χ2v) is 3.14. The number of amides is 1. The molecule has 1 rings (SSSR count). The van der Waals surface area contributed by atoms with Gasteiger partial charge in [-0.15, -0.1) is 0 Å². The highest BCUT2D eigenvalue weighted by molar-refractivity contribution is 5.73. The first-order valence-corrected chi connectivity index (χ1v) is 4.70. The van der Waals surface area contributed by atoms with Gasteiger partial charge in [0.05, 0.1) is 12.6 Å². The van der Waals surface area contributed by atoms with Crippen LogP contribution in [-0.4, -0.2) is 19.4 Å². The quantitative estimate of drug-likeness (QED) is 0.806. The average Bonchev–Trinajstić information content (AvgIpc) is 2.25. The molecule has 1 atom stereocenters. The standard InChI is InChI=1S/C11H14FNO2/c1-9(14)13-11(7-15-8-12)10-5-3-2-4-6-10/h2-6,11H,7-8H2,1H3,(H,13,14). The van der Waals surface area contributed by atoms with Gasteiger partial charge in [0.2, 0.25) is 5.91 Å². The first-order chi connectivity index (χ1) is 7.24. The summed E-state index contributed by atoms with van der Waals surface area (Å²) in [7, 11) is 0. The second kappa shape index (κ2) is 6.14. The summed E-state index contributed by atoms with van der Waals surface area (Å²) in [5, 5.41) is 2.70. The molecular weight excluding hydrogens is 197 g/mol. The molecule has 1 aromatic rings. The van der Waals surface area contributed by atoms with Gasteiger partial charge in [0, 0.05) is 6.92 Å². The van der Waals surface area contributed by atoms with Crippen molar-refractivity contribution in [1.29, 1.82) is 0 Å². The Balaban J connectivity index is 2.67. The summed E-state index contributed by atoms with van der Waals surface area (Å²) in [6.45, 7) is 0.717. The normalized spacial score (nSPS) is 12.1. The van der Waals surface area contributed by atoms with Crippen LogP contribution < -0.4 is 5.32 Å². The number of ether oxygens (including phenoxy) is 1. The molecule has 0 aliphatic rings. The predicted octanol–water partition coefficient (Wildman–Crippen LogP) is 1.81. The molecule has 0 fully saturated rings. The van der Waals surface area contributed by atoms with Crippen LogP contribution in [0.4, 0.5) is 4.39 Å². The number of nitrogens with one attached hydrogen (secondary N) is 1. The molecule has 15 heavy (non-hydrogen) atoms. The van der Waals surface area contributed by atoms with Crippen molar-refractivity contribution in [2.45, 2.75) is 13.0 Å². The zero-order valence-corrected chi connectivity index (χ0v) is 8.57. The predicted molar refractivity (Wildman–Crippen MR) is 54.9 cm³/mol. The van der Waals surface area contributed by atoms with E-state index in [1.54, 1.807) is 0 Å². The van der Waals surface area contributed by atoms with Crippen LogP contribution in [0.3, 0.4) is 0 Å². The minimum Gasteiger partial charge on any atom is -0.348 e. The minimum absolute atomic E-state index is 0.139. The molecular formula is C11H14FNO2. The van der Waals surface area contributed by atoms with Crippen molar-refractivity contribution in [3.8, 4) is 0 Å². The monoisotopic (exact) mass is 211 g/mol. The van der Waals surface area contributed by atoms with Crippen LogP contribution in [0, 0.1) is 0 Å². The number of halogens is 1. The fourth-order valence-electron chi connectivity index (χ4n) is 1.31. The summed E-state index contributed by atoms with van der Waals surface area (Å²) >= 11 is 0. The zero-order chi connectivity index (χ0) is 11.1. The maximum absolute atomic E-state index is 11.9. The summed E-state index contributed by atoms with van der Waals surface area (Å²) in [4.78, 5) is 10.9.